The van der Waals surface area contributed by atoms with Gasteiger partial charge in [-0.3, -0.25) is 4.79 Å². The number of benzene rings is 2. The average molecular weight is 365 g/mol. The van der Waals surface area contributed by atoms with Crippen molar-refractivity contribution in [2.45, 2.75) is 37.6 Å². The lowest BCUT2D eigenvalue weighted by Gasteiger charge is -2.21. The SMILES string of the molecule is COc1ccc2c(c1)[C@@H](CC(=O)N1C(=O)OC[C@H]1Cc1ccccc1)CC2. The fourth-order valence-corrected chi connectivity index (χ4v) is 4.12. The van der Waals surface area contributed by atoms with Gasteiger partial charge >= 0.3 is 6.09 Å². The van der Waals surface area contributed by atoms with Gasteiger partial charge in [-0.25, -0.2) is 9.69 Å². The molecule has 2 aromatic carbocycles. The summed E-state index contributed by atoms with van der Waals surface area (Å²) in [5.74, 6) is 0.767. The molecule has 2 aliphatic rings. The van der Waals surface area contributed by atoms with E-state index in [0.29, 0.717) is 12.8 Å². The quantitative estimate of drug-likeness (QED) is 0.811. The van der Waals surface area contributed by atoms with Crippen molar-refractivity contribution in [1.29, 1.82) is 0 Å². The number of aryl methyl sites for hydroxylation is 1. The van der Waals surface area contributed by atoms with Crippen molar-refractivity contribution in [1.82, 2.24) is 4.90 Å². The summed E-state index contributed by atoms with van der Waals surface area (Å²) in [7, 11) is 1.64. The predicted molar refractivity (Wildman–Crippen MR) is 101 cm³/mol. The standard InChI is InChI=1S/C22H23NO4/c1-26-19-10-9-16-7-8-17(20(16)13-19)12-21(24)23-18(14-27-22(23)25)11-15-5-3-2-4-6-15/h2-6,9-10,13,17-18H,7-8,11-12,14H2,1H3/t17-,18-/m1/s1. The van der Waals surface area contributed by atoms with Gasteiger partial charge in [0.2, 0.25) is 5.91 Å². The van der Waals surface area contributed by atoms with Crippen LogP contribution in [0, 0.1) is 0 Å². The van der Waals surface area contributed by atoms with Crippen LogP contribution in [0.4, 0.5) is 4.79 Å². The number of fused-ring (bicyclic) bond motifs is 1. The highest BCUT2D eigenvalue weighted by molar-refractivity contribution is 5.94. The van der Waals surface area contributed by atoms with Gasteiger partial charge in [-0.2, -0.15) is 0 Å². The third kappa shape index (κ3) is 3.54. The van der Waals surface area contributed by atoms with Crippen LogP contribution in [0.25, 0.3) is 0 Å². The first kappa shape index (κ1) is 17.6. The van der Waals surface area contributed by atoms with E-state index in [-0.39, 0.29) is 24.5 Å². The van der Waals surface area contributed by atoms with Crippen molar-refractivity contribution in [2.24, 2.45) is 0 Å². The summed E-state index contributed by atoms with van der Waals surface area (Å²) in [5.41, 5.74) is 3.52. The molecule has 0 bridgehead atoms. The number of hydrogen-bond donors (Lipinski definition) is 0. The topological polar surface area (TPSA) is 55.8 Å². The number of ether oxygens (including phenoxy) is 2. The molecule has 1 saturated heterocycles. The number of carbonyl (C=O) groups excluding carboxylic acids is 2. The van der Waals surface area contributed by atoms with Crippen molar-refractivity contribution in [3.8, 4) is 5.75 Å². The van der Waals surface area contributed by atoms with E-state index in [1.165, 1.54) is 10.5 Å². The van der Waals surface area contributed by atoms with Gasteiger partial charge < -0.3 is 9.47 Å². The lowest BCUT2D eigenvalue weighted by atomic mass is 9.96. The van der Waals surface area contributed by atoms with Crippen molar-refractivity contribution >= 4 is 12.0 Å². The van der Waals surface area contributed by atoms with Crippen LogP contribution in [0.15, 0.2) is 48.5 Å². The van der Waals surface area contributed by atoms with Crippen LogP contribution < -0.4 is 4.74 Å². The first-order valence-corrected chi connectivity index (χ1v) is 9.35. The Morgan fingerprint density at radius 3 is 2.81 bits per heavy atom. The zero-order valence-electron chi connectivity index (χ0n) is 15.4. The zero-order chi connectivity index (χ0) is 18.8. The minimum atomic E-state index is -0.523. The molecule has 0 saturated carbocycles. The normalized spacial score (nSPS) is 21.1. The zero-order valence-corrected chi connectivity index (χ0v) is 15.4. The van der Waals surface area contributed by atoms with E-state index >= 15 is 0 Å². The van der Waals surface area contributed by atoms with Crippen LogP contribution in [0.1, 0.15) is 35.4 Å². The molecule has 1 heterocycles. The van der Waals surface area contributed by atoms with Gasteiger partial charge in [0.05, 0.1) is 13.2 Å². The molecule has 0 spiro atoms. The molecule has 4 rings (SSSR count). The average Bonchev–Trinajstić information content (AvgIpc) is 3.25. The molecule has 0 unspecified atom stereocenters. The van der Waals surface area contributed by atoms with Crippen LogP contribution in [-0.4, -0.2) is 36.7 Å². The van der Waals surface area contributed by atoms with Crippen LogP contribution >= 0.6 is 0 Å². The van der Waals surface area contributed by atoms with Gasteiger partial charge in [0.15, 0.2) is 0 Å². The molecule has 140 valence electrons. The van der Waals surface area contributed by atoms with E-state index < -0.39 is 6.09 Å². The lowest BCUT2D eigenvalue weighted by Crippen LogP contribution is -2.40. The summed E-state index contributed by atoms with van der Waals surface area (Å²) in [6, 6.07) is 15.7. The summed E-state index contributed by atoms with van der Waals surface area (Å²) >= 11 is 0. The fourth-order valence-electron chi connectivity index (χ4n) is 4.12. The third-order valence-electron chi connectivity index (χ3n) is 5.52. The number of amides is 2. The molecular weight excluding hydrogens is 342 g/mol. The number of carbonyl (C=O) groups is 2. The largest absolute Gasteiger partial charge is 0.497 e. The molecule has 5 nitrogen and oxygen atoms in total. The van der Waals surface area contributed by atoms with E-state index in [9.17, 15) is 9.59 Å². The molecule has 1 aliphatic carbocycles. The van der Waals surface area contributed by atoms with Crippen LogP contribution in [0.2, 0.25) is 0 Å². The number of imide groups is 1. The van der Waals surface area contributed by atoms with E-state index in [1.54, 1.807) is 7.11 Å². The molecule has 1 fully saturated rings. The molecule has 1 aliphatic heterocycles. The van der Waals surface area contributed by atoms with Gasteiger partial charge in [-0.1, -0.05) is 36.4 Å². The number of nitrogens with zero attached hydrogens (tertiary/aromatic N) is 1. The smallest absolute Gasteiger partial charge is 0.416 e. The van der Waals surface area contributed by atoms with E-state index in [0.717, 1.165) is 29.7 Å². The Labute approximate surface area is 158 Å². The second kappa shape index (κ2) is 7.43. The maximum absolute atomic E-state index is 13.0. The summed E-state index contributed by atoms with van der Waals surface area (Å²) in [5, 5.41) is 0. The number of hydrogen-bond acceptors (Lipinski definition) is 4. The Morgan fingerprint density at radius 2 is 2.04 bits per heavy atom. The third-order valence-corrected chi connectivity index (χ3v) is 5.52. The molecule has 2 atom stereocenters. The summed E-state index contributed by atoms with van der Waals surface area (Å²) in [6.45, 7) is 0.258. The Hall–Kier alpha value is -2.82. The molecule has 0 N–H and O–H groups in total. The van der Waals surface area contributed by atoms with Gasteiger partial charge in [0.1, 0.15) is 12.4 Å². The highest BCUT2D eigenvalue weighted by Crippen LogP contribution is 2.38. The minimum absolute atomic E-state index is 0.119. The van der Waals surface area contributed by atoms with Gasteiger partial charge in [-0.05, 0) is 54.0 Å². The minimum Gasteiger partial charge on any atom is -0.497 e. The molecule has 27 heavy (non-hydrogen) atoms. The molecule has 2 amide bonds. The summed E-state index contributed by atoms with van der Waals surface area (Å²) < 4.78 is 10.5. The van der Waals surface area contributed by atoms with Crippen LogP contribution in [-0.2, 0) is 22.4 Å². The van der Waals surface area contributed by atoms with E-state index in [1.807, 2.05) is 42.5 Å². The Morgan fingerprint density at radius 1 is 1.22 bits per heavy atom. The van der Waals surface area contributed by atoms with Gasteiger partial charge in [0, 0.05) is 6.42 Å². The van der Waals surface area contributed by atoms with Crippen LogP contribution in [0.3, 0.4) is 0 Å². The first-order chi connectivity index (χ1) is 13.2. The summed E-state index contributed by atoms with van der Waals surface area (Å²) in [6.07, 6.45) is 2.29. The van der Waals surface area contributed by atoms with E-state index in [2.05, 4.69) is 6.07 Å². The van der Waals surface area contributed by atoms with E-state index in [4.69, 9.17) is 9.47 Å². The Balaban J connectivity index is 1.48. The molecular formula is C22H23NO4. The Kier molecular flexibility index (Phi) is 4.84. The highest BCUT2D eigenvalue weighted by Gasteiger charge is 2.39. The molecule has 0 aromatic heterocycles. The fraction of sp³-hybridized carbons (Fsp3) is 0.364. The second-order valence-electron chi connectivity index (χ2n) is 7.19. The summed E-state index contributed by atoms with van der Waals surface area (Å²) in [4.78, 5) is 26.5. The lowest BCUT2D eigenvalue weighted by molar-refractivity contribution is -0.129. The molecule has 2 aromatic rings. The number of rotatable bonds is 5. The van der Waals surface area contributed by atoms with Crippen LogP contribution in [0.5, 0.6) is 5.75 Å². The number of methoxy groups -OCH3 is 1. The Bertz CT molecular complexity index is 849. The maximum Gasteiger partial charge on any atom is 0.416 e. The highest BCUT2D eigenvalue weighted by atomic mass is 16.6. The van der Waals surface area contributed by atoms with Gasteiger partial charge in [-0.15, -0.1) is 0 Å². The second-order valence-corrected chi connectivity index (χ2v) is 7.19. The van der Waals surface area contributed by atoms with Crippen molar-refractivity contribution < 1.29 is 19.1 Å². The van der Waals surface area contributed by atoms with Crippen molar-refractivity contribution in [3.63, 3.8) is 0 Å². The first-order valence-electron chi connectivity index (χ1n) is 9.35. The van der Waals surface area contributed by atoms with Crippen molar-refractivity contribution in [3.05, 3.63) is 65.2 Å². The van der Waals surface area contributed by atoms with Gasteiger partial charge in [0.25, 0.3) is 0 Å². The maximum atomic E-state index is 13.0. The monoisotopic (exact) mass is 365 g/mol. The van der Waals surface area contributed by atoms with Crippen molar-refractivity contribution in [2.75, 3.05) is 13.7 Å². The number of cyclic esters (lactones) is 1. The molecule has 5 heteroatoms. The predicted octanol–water partition coefficient (Wildman–Crippen LogP) is 3.71. The molecule has 0 radical (unpaired) electrons.